The molecule has 1 aromatic carbocycles. The zero-order chi connectivity index (χ0) is 26.8. The molecule has 0 bridgehead atoms. The van der Waals surface area contributed by atoms with E-state index in [9.17, 15) is 14.4 Å². The Morgan fingerprint density at radius 3 is 2.53 bits per heavy atom. The van der Waals surface area contributed by atoms with Crippen LogP contribution in [0.4, 0.5) is 0 Å². The van der Waals surface area contributed by atoms with Crippen molar-refractivity contribution in [2.45, 2.75) is 13.0 Å². The fourth-order valence-electron chi connectivity index (χ4n) is 4.67. The van der Waals surface area contributed by atoms with Crippen LogP contribution in [0, 0.1) is 0 Å². The van der Waals surface area contributed by atoms with E-state index in [1.165, 1.54) is 31.5 Å². The molecule has 4 heterocycles. The third-order valence-electron chi connectivity index (χ3n) is 6.60. The van der Waals surface area contributed by atoms with Gasteiger partial charge in [0.05, 0.1) is 30.9 Å². The summed E-state index contributed by atoms with van der Waals surface area (Å²) in [7, 11) is 2.93. The first-order valence-electron chi connectivity index (χ1n) is 12.0. The number of carbonyl (C=O) groups excluding carboxylic acids is 3. The lowest BCUT2D eigenvalue weighted by Crippen LogP contribution is -2.56. The number of ketones is 1. The summed E-state index contributed by atoms with van der Waals surface area (Å²) in [5.74, 6) is -1.09. The topological polar surface area (TPSA) is 131 Å². The van der Waals surface area contributed by atoms with E-state index >= 15 is 0 Å². The minimum absolute atomic E-state index is 0.0922. The van der Waals surface area contributed by atoms with E-state index in [4.69, 9.17) is 9.47 Å². The Morgan fingerprint density at radius 2 is 1.82 bits per heavy atom. The number of nitrogens with one attached hydrogen (secondary N) is 1. The van der Waals surface area contributed by atoms with Crippen molar-refractivity contribution in [3.05, 3.63) is 66.1 Å². The number of benzene rings is 1. The minimum Gasteiger partial charge on any atom is -0.480 e. The van der Waals surface area contributed by atoms with Crippen LogP contribution in [0.3, 0.4) is 0 Å². The molecule has 1 aliphatic rings. The van der Waals surface area contributed by atoms with Crippen molar-refractivity contribution >= 4 is 28.5 Å². The van der Waals surface area contributed by atoms with Crippen molar-refractivity contribution in [1.29, 1.82) is 0 Å². The normalized spacial score (nSPS) is 15.4. The molecule has 1 saturated heterocycles. The minimum atomic E-state index is -0.638. The van der Waals surface area contributed by atoms with Gasteiger partial charge in [0.15, 0.2) is 0 Å². The van der Waals surface area contributed by atoms with Gasteiger partial charge in [-0.1, -0.05) is 18.2 Å². The summed E-state index contributed by atoms with van der Waals surface area (Å²) in [4.78, 5) is 58.6. The largest absolute Gasteiger partial charge is 0.480 e. The number of H-pyrrole nitrogens is 1. The first-order valence-corrected chi connectivity index (χ1v) is 12.0. The van der Waals surface area contributed by atoms with Crippen molar-refractivity contribution in [3.8, 4) is 23.1 Å². The second kappa shape index (κ2) is 10.3. The predicted molar refractivity (Wildman–Crippen MR) is 138 cm³/mol. The molecule has 5 rings (SSSR count). The number of aromatic nitrogens is 4. The SMILES string of the molecule is COc1ncc(-c2nccc3c(C(=O)C(=O)N4CCN(C(=O)c5ccccc5)C[C@H]4C)c[nH]c23)c(OC)n1. The van der Waals surface area contributed by atoms with Crippen LogP contribution < -0.4 is 9.47 Å². The maximum Gasteiger partial charge on any atom is 0.319 e. The van der Waals surface area contributed by atoms with Gasteiger partial charge in [0.2, 0.25) is 5.88 Å². The number of hydrogen-bond donors (Lipinski definition) is 1. The van der Waals surface area contributed by atoms with Crippen molar-refractivity contribution in [2.24, 2.45) is 0 Å². The molecule has 2 amide bonds. The van der Waals surface area contributed by atoms with Crippen LogP contribution in [0.2, 0.25) is 0 Å². The van der Waals surface area contributed by atoms with Gasteiger partial charge in [0, 0.05) is 55.2 Å². The van der Waals surface area contributed by atoms with E-state index in [1.807, 2.05) is 25.1 Å². The molecule has 4 aromatic rings. The average molecular weight is 515 g/mol. The number of rotatable bonds is 6. The first-order chi connectivity index (χ1) is 18.4. The van der Waals surface area contributed by atoms with E-state index in [-0.39, 0.29) is 35.9 Å². The van der Waals surface area contributed by atoms with Crippen molar-refractivity contribution in [2.75, 3.05) is 33.9 Å². The van der Waals surface area contributed by atoms with Crippen LogP contribution in [0.25, 0.3) is 22.2 Å². The summed E-state index contributed by atoms with van der Waals surface area (Å²) in [5, 5.41) is 0.539. The van der Waals surface area contributed by atoms with E-state index < -0.39 is 11.7 Å². The van der Waals surface area contributed by atoms with Gasteiger partial charge in [-0.3, -0.25) is 19.4 Å². The standard InChI is InChI=1S/C27H26N6O5/c1-16-15-32(25(35)17-7-5-4-6-8-17)11-12-33(16)26(36)23(34)19-13-29-21-18(19)9-10-28-22(21)20-14-30-27(38-3)31-24(20)37-2/h4-10,13-14,16,29H,11-12,15H2,1-3H3/t16-/m1/s1. The summed E-state index contributed by atoms with van der Waals surface area (Å²) < 4.78 is 10.5. The Morgan fingerprint density at radius 1 is 1.03 bits per heavy atom. The lowest BCUT2D eigenvalue weighted by atomic mass is 10.0. The van der Waals surface area contributed by atoms with Crippen LogP contribution in [-0.4, -0.2) is 87.2 Å². The Kier molecular flexibility index (Phi) is 6.73. The highest BCUT2D eigenvalue weighted by Gasteiger charge is 2.34. The highest BCUT2D eigenvalue weighted by molar-refractivity contribution is 6.45. The van der Waals surface area contributed by atoms with Gasteiger partial charge in [0.25, 0.3) is 17.6 Å². The van der Waals surface area contributed by atoms with Crippen molar-refractivity contribution in [3.63, 3.8) is 0 Å². The van der Waals surface area contributed by atoms with Crippen LogP contribution >= 0.6 is 0 Å². The van der Waals surface area contributed by atoms with E-state index in [0.717, 1.165) is 0 Å². The first kappa shape index (κ1) is 24.9. The van der Waals surface area contributed by atoms with Gasteiger partial charge in [0.1, 0.15) is 5.69 Å². The number of pyridine rings is 1. The number of Topliss-reactive ketones (excluding diaryl/α,β-unsaturated/α-hetero) is 1. The second-order valence-corrected chi connectivity index (χ2v) is 8.86. The Balaban J connectivity index is 1.38. The molecule has 0 aliphatic carbocycles. The maximum absolute atomic E-state index is 13.4. The molecule has 38 heavy (non-hydrogen) atoms. The summed E-state index contributed by atoms with van der Waals surface area (Å²) >= 11 is 0. The van der Waals surface area contributed by atoms with E-state index in [0.29, 0.717) is 40.8 Å². The third-order valence-corrected chi connectivity index (χ3v) is 6.60. The Bertz CT molecular complexity index is 1520. The number of nitrogens with zero attached hydrogens (tertiary/aromatic N) is 5. The molecule has 0 unspecified atom stereocenters. The molecule has 0 radical (unpaired) electrons. The Hall–Kier alpha value is -4.80. The molecule has 1 atom stereocenters. The third kappa shape index (κ3) is 4.42. The van der Waals surface area contributed by atoms with Gasteiger partial charge in [-0.05, 0) is 25.1 Å². The summed E-state index contributed by atoms with van der Waals surface area (Å²) in [6, 6.07) is 10.5. The van der Waals surface area contributed by atoms with Crippen LogP contribution in [-0.2, 0) is 4.79 Å². The number of aromatic amines is 1. The van der Waals surface area contributed by atoms with Crippen LogP contribution in [0.1, 0.15) is 27.6 Å². The number of hydrogen-bond acceptors (Lipinski definition) is 8. The number of piperazine rings is 1. The van der Waals surface area contributed by atoms with Gasteiger partial charge in [-0.15, -0.1) is 0 Å². The number of methoxy groups -OCH3 is 2. The molecule has 11 nitrogen and oxygen atoms in total. The number of carbonyl (C=O) groups is 3. The smallest absolute Gasteiger partial charge is 0.319 e. The van der Waals surface area contributed by atoms with Crippen molar-refractivity contribution in [1.82, 2.24) is 29.7 Å². The van der Waals surface area contributed by atoms with Gasteiger partial charge < -0.3 is 24.3 Å². The molecular weight excluding hydrogens is 488 g/mol. The van der Waals surface area contributed by atoms with Crippen LogP contribution in [0.5, 0.6) is 11.9 Å². The zero-order valence-corrected chi connectivity index (χ0v) is 21.2. The van der Waals surface area contributed by atoms with Crippen molar-refractivity contribution < 1.29 is 23.9 Å². The maximum atomic E-state index is 13.4. The quantitative estimate of drug-likeness (QED) is 0.307. The molecule has 1 N–H and O–H groups in total. The molecule has 11 heteroatoms. The summed E-state index contributed by atoms with van der Waals surface area (Å²) in [5.41, 5.74) is 2.34. The average Bonchev–Trinajstić information content (AvgIpc) is 3.40. The highest BCUT2D eigenvalue weighted by atomic mass is 16.5. The van der Waals surface area contributed by atoms with E-state index in [2.05, 4.69) is 19.9 Å². The summed E-state index contributed by atoms with van der Waals surface area (Å²) in [6.07, 6.45) is 4.58. The molecule has 194 valence electrons. The zero-order valence-electron chi connectivity index (χ0n) is 21.2. The van der Waals surface area contributed by atoms with E-state index in [1.54, 1.807) is 29.3 Å². The molecule has 0 spiro atoms. The number of fused-ring (bicyclic) bond motifs is 1. The predicted octanol–water partition coefficient (Wildman–Crippen LogP) is 2.59. The molecule has 3 aromatic heterocycles. The molecule has 1 fully saturated rings. The van der Waals surface area contributed by atoms with Crippen LogP contribution in [0.15, 0.2) is 55.0 Å². The number of ether oxygens (including phenoxy) is 2. The second-order valence-electron chi connectivity index (χ2n) is 8.86. The summed E-state index contributed by atoms with van der Waals surface area (Å²) in [6.45, 7) is 2.78. The van der Waals surface area contributed by atoms with Gasteiger partial charge >= 0.3 is 6.01 Å². The lowest BCUT2D eigenvalue weighted by molar-refractivity contribution is -0.130. The lowest BCUT2D eigenvalue weighted by Gasteiger charge is -2.39. The highest BCUT2D eigenvalue weighted by Crippen LogP contribution is 2.33. The monoisotopic (exact) mass is 514 g/mol. The molecule has 1 aliphatic heterocycles. The van der Waals surface area contributed by atoms with Gasteiger partial charge in [-0.25, -0.2) is 4.98 Å². The Labute approximate surface area is 218 Å². The fraction of sp³-hybridized carbons (Fsp3) is 0.259. The number of amides is 2. The molecule has 0 saturated carbocycles. The fourth-order valence-corrected chi connectivity index (χ4v) is 4.67. The van der Waals surface area contributed by atoms with Gasteiger partial charge in [-0.2, -0.15) is 4.98 Å². The molecular formula is C27H26N6O5.